The maximum absolute atomic E-state index is 13.1. The third-order valence-corrected chi connectivity index (χ3v) is 4.98. The molecule has 22 heavy (non-hydrogen) atoms. The third kappa shape index (κ3) is 2.60. The molecule has 0 aliphatic carbocycles. The Hall–Kier alpha value is -1.57. The summed E-state index contributed by atoms with van der Waals surface area (Å²) in [6.45, 7) is 0.637. The Labute approximate surface area is 133 Å². The maximum atomic E-state index is 13.1. The fourth-order valence-corrected chi connectivity index (χ4v) is 2.93. The summed E-state index contributed by atoms with van der Waals surface area (Å²) < 4.78 is 39.9. The highest BCUT2D eigenvalue weighted by atomic mass is 79.9. The van der Waals surface area contributed by atoms with Crippen LogP contribution in [0.25, 0.3) is 0 Å². The first-order valence-corrected chi connectivity index (χ1v) is 7.24. The van der Waals surface area contributed by atoms with Crippen LogP contribution in [0, 0.1) is 12.3 Å². The largest absolute Gasteiger partial charge is 0.481 e. The summed E-state index contributed by atoms with van der Waals surface area (Å²) in [6.07, 6.45) is -5.54. The molecule has 1 atom stereocenters. The molecule has 0 bridgehead atoms. The lowest BCUT2D eigenvalue weighted by Crippen LogP contribution is -2.47. The molecule has 1 aromatic carbocycles. The molecule has 0 saturated carbocycles. The van der Waals surface area contributed by atoms with E-state index in [0.717, 1.165) is 10.5 Å². The molecule has 1 aromatic rings. The lowest BCUT2D eigenvalue weighted by atomic mass is 9.86. The number of halogens is 4. The number of aliphatic carboxylic acids is 1. The predicted octanol–water partition coefficient (Wildman–Crippen LogP) is 3.24. The van der Waals surface area contributed by atoms with Gasteiger partial charge < -0.3 is 10.0 Å². The van der Waals surface area contributed by atoms with Crippen LogP contribution in [0.4, 0.5) is 13.2 Å². The zero-order chi connectivity index (χ0) is 16.7. The van der Waals surface area contributed by atoms with Crippen molar-refractivity contribution >= 4 is 27.8 Å². The molecule has 120 valence electrons. The molecular formula is C14H13BrF3NO3. The Balaban J connectivity index is 2.31. The molecule has 1 amide bonds. The van der Waals surface area contributed by atoms with E-state index in [9.17, 15) is 22.8 Å². The van der Waals surface area contributed by atoms with Crippen molar-refractivity contribution in [2.45, 2.75) is 19.5 Å². The standard InChI is InChI=1S/C14H13BrF3NO3/c1-8-3-2-4-9(10(8)15)11(20)19-6-5-13(7-19,12(21)22)14(16,17)18/h2-4H,5-7H2,1H3,(H,21,22). The molecule has 1 heterocycles. The van der Waals surface area contributed by atoms with E-state index in [0.29, 0.717) is 4.47 Å². The molecule has 1 saturated heterocycles. The smallest absolute Gasteiger partial charge is 0.406 e. The van der Waals surface area contributed by atoms with Gasteiger partial charge in [0.15, 0.2) is 5.41 Å². The molecule has 1 aliphatic heterocycles. The van der Waals surface area contributed by atoms with E-state index < -0.39 is 36.4 Å². The van der Waals surface area contributed by atoms with Crippen LogP contribution in [0.2, 0.25) is 0 Å². The molecule has 1 fully saturated rings. The fraction of sp³-hybridized carbons (Fsp3) is 0.429. The van der Waals surface area contributed by atoms with E-state index >= 15 is 0 Å². The lowest BCUT2D eigenvalue weighted by Gasteiger charge is -2.27. The Morgan fingerprint density at radius 3 is 2.50 bits per heavy atom. The topological polar surface area (TPSA) is 57.6 Å². The number of aryl methyl sites for hydroxylation is 1. The number of carboxylic acids is 1. The first-order chi connectivity index (χ1) is 10.1. The predicted molar refractivity (Wildman–Crippen MR) is 75.5 cm³/mol. The van der Waals surface area contributed by atoms with Gasteiger partial charge in [0.05, 0.1) is 5.56 Å². The van der Waals surface area contributed by atoms with E-state index in [-0.39, 0.29) is 12.1 Å². The molecule has 2 rings (SSSR count). The molecule has 0 radical (unpaired) electrons. The third-order valence-electron chi connectivity index (χ3n) is 3.93. The number of nitrogens with zero attached hydrogens (tertiary/aromatic N) is 1. The van der Waals surface area contributed by atoms with Crippen LogP contribution >= 0.6 is 15.9 Å². The van der Waals surface area contributed by atoms with Crippen molar-refractivity contribution < 1.29 is 27.9 Å². The Bertz CT molecular complexity index is 632. The average molecular weight is 380 g/mol. The van der Waals surface area contributed by atoms with E-state index in [1.54, 1.807) is 19.1 Å². The van der Waals surface area contributed by atoms with Gasteiger partial charge in [0.1, 0.15) is 0 Å². The molecular weight excluding hydrogens is 367 g/mol. The normalized spacial score (nSPS) is 22.0. The van der Waals surface area contributed by atoms with E-state index in [2.05, 4.69) is 15.9 Å². The van der Waals surface area contributed by atoms with Crippen LogP contribution in [0.3, 0.4) is 0 Å². The monoisotopic (exact) mass is 379 g/mol. The van der Waals surface area contributed by atoms with Crippen molar-refractivity contribution in [3.63, 3.8) is 0 Å². The van der Waals surface area contributed by atoms with Gasteiger partial charge >= 0.3 is 12.1 Å². The number of likely N-dealkylation sites (tertiary alicyclic amines) is 1. The quantitative estimate of drug-likeness (QED) is 0.857. The van der Waals surface area contributed by atoms with Crippen LogP contribution < -0.4 is 0 Å². The van der Waals surface area contributed by atoms with Crippen LogP contribution in [-0.4, -0.2) is 41.1 Å². The Morgan fingerprint density at radius 1 is 1.36 bits per heavy atom. The van der Waals surface area contributed by atoms with Gasteiger partial charge in [0, 0.05) is 17.6 Å². The van der Waals surface area contributed by atoms with Crippen LogP contribution in [0.1, 0.15) is 22.3 Å². The van der Waals surface area contributed by atoms with Crippen molar-refractivity contribution in [1.29, 1.82) is 0 Å². The van der Waals surface area contributed by atoms with Gasteiger partial charge in [-0.1, -0.05) is 12.1 Å². The number of carbonyl (C=O) groups is 2. The van der Waals surface area contributed by atoms with Gasteiger partial charge in [-0.25, -0.2) is 0 Å². The fourth-order valence-electron chi connectivity index (χ4n) is 2.49. The van der Waals surface area contributed by atoms with Crippen LogP contribution in [0.5, 0.6) is 0 Å². The van der Waals surface area contributed by atoms with Crippen molar-refractivity contribution in [2.24, 2.45) is 5.41 Å². The minimum Gasteiger partial charge on any atom is -0.481 e. The number of carboxylic acid groups (broad SMARTS) is 1. The van der Waals surface area contributed by atoms with Gasteiger partial charge in [-0.15, -0.1) is 0 Å². The molecule has 8 heteroatoms. The summed E-state index contributed by atoms with van der Waals surface area (Å²) in [5.74, 6) is -2.55. The number of carbonyl (C=O) groups excluding carboxylic acids is 1. The van der Waals surface area contributed by atoms with Gasteiger partial charge in [0.2, 0.25) is 0 Å². The van der Waals surface area contributed by atoms with E-state index in [4.69, 9.17) is 5.11 Å². The van der Waals surface area contributed by atoms with Crippen molar-refractivity contribution in [2.75, 3.05) is 13.1 Å². The lowest BCUT2D eigenvalue weighted by molar-refractivity contribution is -0.227. The number of hydrogen-bond donors (Lipinski definition) is 1. The zero-order valence-corrected chi connectivity index (χ0v) is 13.2. The van der Waals surface area contributed by atoms with Crippen LogP contribution in [0.15, 0.2) is 22.7 Å². The van der Waals surface area contributed by atoms with Gasteiger partial charge in [-0.2, -0.15) is 13.2 Å². The summed E-state index contributed by atoms with van der Waals surface area (Å²) in [7, 11) is 0. The second-order valence-corrected chi connectivity index (χ2v) is 6.09. The number of rotatable bonds is 2. The molecule has 1 unspecified atom stereocenters. The summed E-state index contributed by atoms with van der Waals surface area (Å²) in [4.78, 5) is 24.5. The van der Waals surface area contributed by atoms with Gasteiger partial charge in [0.25, 0.3) is 5.91 Å². The molecule has 0 spiro atoms. The number of benzene rings is 1. The average Bonchev–Trinajstić information content (AvgIpc) is 2.87. The van der Waals surface area contributed by atoms with Crippen molar-refractivity contribution in [3.05, 3.63) is 33.8 Å². The highest BCUT2D eigenvalue weighted by Gasteiger charge is 2.64. The van der Waals surface area contributed by atoms with Crippen molar-refractivity contribution in [3.8, 4) is 0 Å². The minimum atomic E-state index is -4.91. The first-order valence-electron chi connectivity index (χ1n) is 6.44. The number of alkyl halides is 3. The number of hydrogen-bond acceptors (Lipinski definition) is 2. The van der Waals surface area contributed by atoms with E-state index in [1.807, 2.05) is 0 Å². The van der Waals surface area contributed by atoms with Crippen molar-refractivity contribution in [1.82, 2.24) is 4.90 Å². The van der Waals surface area contributed by atoms with Gasteiger partial charge in [-0.3, -0.25) is 9.59 Å². The highest BCUT2D eigenvalue weighted by Crippen LogP contribution is 2.46. The summed E-state index contributed by atoms with van der Waals surface area (Å²) in [5.41, 5.74) is -1.90. The zero-order valence-electron chi connectivity index (χ0n) is 11.6. The number of amides is 1. The minimum absolute atomic E-state index is 0.225. The summed E-state index contributed by atoms with van der Waals surface area (Å²) >= 11 is 3.24. The second-order valence-electron chi connectivity index (χ2n) is 5.30. The molecule has 0 aromatic heterocycles. The summed E-state index contributed by atoms with van der Waals surface area (Å²) in [6, 6.07) is 4.87. The van der Waals surface area contributed by atoms with Gasteiger partial charge in [-0.05, 0) is 40.9 Å². The molecule has 1 N–H and O–H groups in total. The molecule has 4 nitrogen and oxygen atoms in total. The molecule has 1 aliphatic rings. The second kappa shape index (κ2) is 5.57. The van der Waals surface area contributed by atoms with E-state index in [1.165, 1.54) is 6.07 Å². The first kappa shape index (κ1) is 16.8. The summed E-state index contributed by atoms with van der Waals surface area (Å²) in [5, 5.41) is 9.00. The Morgan fingerprint density at radius 2 is 2.00 bits per heavy atom. The highest BCUT2D eigenvalue weighted by molar-refractivity contribution is 9.10. The van der Waals surface area contributed by atoms with Crippen LogP contribution in [-0.2, 0) is 4.79 Å². The Kier molecular flexibility index (Phi) is 4.25. The maximum Gasteiger partial charge on any atom is 0.406 e. The SMILES string of the molecule is Cc1cccc(C(=O)N2CCC(C(=O)O)(C(F)(F)F)C2)c1Br.